The van der Waals surface area contributed by atoms with Crippen LogP contribution in [-0.2, 0) is 16.1 Å². The number of hydrogen-bond acceptors (Lipinski definition) is 4. The first-order chi connectivity index (χ1) is 10.6. The topological polar surface area (TPSA) is 57.0 Å². The number of aromatic nitrogens is 3. The third-order valence-corrected chi connectivity index (χ3v) is 3.95. The van der Waals surface area contributed by atoms with Crippen LogP contribution in [0.1, 0.15) is 63.2 Å². The van der Waals surface area contributed by atoms with Crippen LogP contribution in [0.5, 0.6) is 0 Å². The fourth-order valence-corrected chi connectivity index (χ4v) is 3.05. The number of hydrogen-bond donors (Lipinski definition) is 0. The second-order valence-electron chi connectivity index (χ2n) is 7.06. The Kier molecular flexibility index (Phi) is 4.62. The van der Waals surface area contributed by atoms with Crippen LogP contribution < -0.4 is 0 Å². The number of aryl methyl sites for hydroxylation is 4. The van der Waals surface area contributed by atoms with Crippen molar-refractivity contribution in [3.8, 4) is 0 Å². The molecule has 0 saturated heterocycles. The molecule has 2 aromatic rings. The van der Waals surface area contributed by atoms with E-state index in [0.717, 1.165) is 40.1 Å². The number of ketones is 1. The van der Waals surface area contributed by atoms with Gasteiger partial charge in [-0.2, -0.15) is 5.10 Å². The molecule has 1 atom stereocenters. The van der Waals surface area contributed by atoms with Crippen LogP contribution in [-0.4, -0.2) is 26.1 Å². The molecule has 2 heterocycles. The van der Waals surface area contributed by atoms with Crippen molar-refractivity contribution in [2.75, 3.05) is 0 Å². The summed E-state index contributed by atoms with van der Waals surface area (Å²) < 4.78 is 7.96. The quantitative estimate of drug-likeness (QED) is 0.860. The first kappa shape index (κ1) is 17.6. The van der Waals surface area contributed by atoms with E-state index in [1.165, 1.54) is 0 Å². The lowest BCUT2D eigenvalue weighted by Gasteiger charge is -2.28. The van der Waals surface area contributed by atoms with Gasteiger partial charge in [0.05, 0.1) is 11.3 Å². The molecule has 0 aliphatic rings. The van der Waals surface area contributed by atoms with E-state index in [2.05, 4.69) is 5.10 Å². The highest BCUT2D eigenvalue weighted by molar-refractivity contribution is 5.88. The molecule has 0 aliphatic heterocycles. The van der Waals surface area contributed by atoms with Crippen LogP contribution >= 0.6 is 0 Å². The van der Waals surface area contributed by atoms with Crippen molar-refractivity contribution in [2.45, 2.75) is 73.6 Å². The lowest BCUT2D eigenvalue weighted by atomic mass is 9.96. The first-order valence-corrected chi connectivity index (χ1v) is 8.09. The standard InChI is InChI=1S/C18H27N3O2/c1-9-21-17-15(12(4)20-21)10(2)14(11(3)19-17)16(13(5)22)23-18(6,7)8/h16H,9H2,1-8H3. The predicted octanol–water partition coefficient (Wildman–Crippen LogP) is 3.82. The molecular weight excluding hydrogens is 290 g/mol. The van der Waals surface area contributed by atoms with Crippen molar-refractivity contribution in [2.24, 2.45) is 0 Å². The number of rotatable bonds is 4. The fourth-order valence-electron chi connectivity index (χ4n) is 3.05. The molecule has 0 radical (unpaired) electrons. The summed E-state index contributed by atoms with van der Waals surface area (Å²) in [5.41, 5.74) is 4.14. The Morgan fingerprint density at radius 1 is 1.22 bits per heavy atom. The van der Waals surface area contributed by atoms with Crippen LogP contribution in [0.25, 0.3) is 11.0 Å². The Morgan fingerprint density at radius 2 is 1.83 bits per heavy atom. The number of pyridine rings is 1. The Hall–Kier alpha value is -1.75. The van der Waals surface area contributed by atoms with Gasteiger partial charge in [0.1, 0.15) is 6.10 Å². The van der Waals surface area contributed by atoms with E-state index in [-0.39, 0.29) is 5.78 Å². The largest absolute Gasteiger partial charge is 0.360 e. The third-order valence-electron chi connectivity index (χ3n) is 3.95. The highest BCUT2D eigenvalue weighted by Gasteiger charge is 2.29. The van der Waals surface area contributed by atoms with Gasteiger partial charge in [0.2, 0.25) is 0 Å². The third kappa shape index (κ3) is 3.29. The fraction of sp³-hybridized carbons (Fsp3) is 0.611. The Labute approximate surface area is 138 Å². The summed E-state index contributed by atoms with van der Waals surface area (Å²) in [6.07, 6.45) is -0.601. The average Bonchev–Trinajstić information content (AvgIpc) is 2.72. The second-order valence-corrected chi connectivity index (χ2v) is 7.06. The Morgan fingerprint density at radius 3 is 2.30 bits per heavy atom. The monoisotopic (exact) mass is 317 g/mol. The van der Waals surface area contributed by atoms with Crippen LogP contribution in [0.3, 0.4) is 0 Å². The number of ether oxygens (including phenoxy) is 1. The minimum absolute atomic E-state index is 0.00666. The Bertz CT molecular complexity index is 754. The maximum absolute atomic E-state index is 12.2. The summed E-state index contributed by atoms with van der Waals surface area (Å²) in [5.74, 6) is -0.00666. The number of Topliss-reactive ketones (excluding diaryl/α,β-unsaturated/α-hetero) is 1. The van der Waals surface area contributed by atoms with E-state index in [1.807, 2.05) is 53.1 Å². The predicted molar refractivity (Wildman–Crippen MR) is 91.7 cm³/mol. The lowest BCUT2D eigenvalue weighted by molar-refractivity contribution is -0.139. The molecule has 2 aromatic heterocycles. The zero-order valence-corrected chi connectivity index (χ0v) is 15.4. The summed E-state index contributed by atoms with van der Waals surface area (Å²) in [6.45, 7) is 16.2. The van der Waals surface area contributed by atoms with Gasteiger partial charge in [0.15, 0.2) is 11.4 Å². The SMILES string of the molecule is CCn1nc(C)c2c(C)c(C(OC(C)(C)C)C(C)=O)c(C)nc21. The van der Waals surface area contributed by atoms with Gasteiger partial charge in [0, 0.05) is 23.2 Å². The van der Waals surface area contributed by atoms with Crippen LogP contribution in [0.2, 0.25) is 0 Å². The van der Waals surface area contributed by atoms with E-state index in [1.54, 1.807) is 6.92 Å². The van der Waals surface area contributed by atoms with Crippen molar-refractivity contribution in [3.05, 3.63) is 22.5 Å². The average molecular weight is 317 g/mol. The molecule has 5 heteroatoms. The van der Waals surface area contributed by atoms with Crippen LogP contribution in [0.4, 0.5) is 0 Å². The van der Waals surface area contributed by atoms with E-state index >= 15 is 0 Å². The van der Waals surface area contributed by atoms with Crippen LogP contribution in [0, 0.1) is 20.8 Å². The maximum atomic E-state index is 12.2. The molecule has 0 fully saturated rings. The van der Waals surface area contributed by atoms with Gasteiger partial charge in [-0.05, 0) is 61.0 Å². The molecule has 0 spiro atoms. The van der Waals surface area contributed by atoms with E-state index in [0.29, 0.717) is 0 Å². The van der Waals surface area contributed by atoms with Gasteiger partial charge in [-0.25, -0.2) is 9.67 Å². The highest BCUT2D eigenvalue weighted by atomic mass is 16.5. The van der Waals surface area contributed by atoms with Crippen molar-refractivity contribution < 1.29 is 9.53 Å². The van der Waals surface area contributed by atoms with Crippen LogP contribution in [0.15, 0.2) is 0 Å². The zero-order chi connectivity index (χ0) is 17.5. The molecule has 5 nitrogen and oxygen atoms in total. The van der Waals surface area contributed by atoms with E-state index in [9.17, 15) is 4.79 Å². The Balaban J connectivity index is 2.73. The van der Waals surface area contributed by atoms with Crippen molar-refractivity contribution >= 4 is 16.8 Å². The van der Waals surface area contributed by atoms with Gasteiger partial charge >= 0.3 is 0 Å². The number of carbonyl (C=O) groups is 1. The normalized spacial score (nSPS) is 13.6. The lowest BCUT2D eigenvalue weighted by Crippen LogP contribution is -2.27. The van der Waals surface area contributed by atoms with Crippen molar-refractivity contribution in [1.82, 2.24) is 14.8 Å². The molecule has 0 saturated carbocycles. The molecule has 23 heavy (non-hydrogen) atoms. The number of fused-ring (bicyclic) bond motifs is 1. The molecule has 1 unspecified atom stereocenters. The van der Waals surface area contributed by atoms with Gasteiger partial charge in [-0.1, -0.05) is 0 Å². The molecule has 0 aliphatic carbocycles. The molecule has 0 aromatic carbocycles. The first-order valence-electron chi connectivity index (χ1n) is 8.09. The minimum atomic E-state index is -0.601. The summed E-state index contributed by atoms with van der Waals surface area (Å²) in [7, 11) is 0. The highest BCUT2D eigenvalue weighted by Crippen LogP contribution is 2.33. The summed E-state index contributed by atoms with van der Waals surface area (Å²) >= 11 is 0. The van der Waals surface area contributed by atoms with Gasteiger partial charge < -0.3 is 4.74 Å². The van der Waals surface area contributed by atoms with E-state index in [4.69, 9.17) is 9.72 Å². The summed E-state index contributed by atoms with van der Waals surface area (Å²) in [4.78, 5) is 17.0. The van der Waals surface area contributed by atoms with Gasteiger partial charge in [-0.15, -0.1) is 0 Å². The minimum Gasteiger partial charge on any atom is -0.360 e. The van der Waals surface area contributed by atoms with Crippen molar-refractivity contribution in [1.29, 1.82) is 0 Å². The zero-order valence-electron chi connectivity index (χ0n) is 15.4. The molecule has 0 N–H and O–H groups in total. The molecule has 2 rings (SSSR count). The molecule has 0 amide bonds. The summed E-state index contributed by atoms with van der Waals surface area (Å²) in [6, 6.07) is 0. The smallest absolute Gasteiger partial charge is 0.163 e. The number of carbonyl (C=O) groups excluding carboxylic acids is 1. The molecule has 0 bridgehead atoms. The maximum Gasteiger partial charge on any atom is 0.163 e. The van der Waals surface area contributed by atoms with E-state index < -0.39 is 11.7 Å². The second kappa shape index (κ2) is 6.04. The number of nitrogens with zero attached hydrogens (tertiary/aromatic N) is 3. The summed E-state index contributed by atoms with van der Waals surface area (Å²) in [5, 5.41) is 5.58. The molecule has 126 valence electrons. The van der Waals surface area contributed by atoms with Gasteiger partial charge in [0.25, 0.3) is 0 Å². The van der Waals surface area contributed by atoms with Gasteiger partial charge in [-0.3, -0.25) is 4.79 Å². The molecular formula is C18H27N3O2. The van der Waals surface area contributed by atoms with Crippen molar-refractivity contribution in [3.63, 3.8) is 0 Å².